The third-order valence-electron chi connectivity index (χ3n) is 8.88. The number of carbonyl (C=O) groups is 2. The lowest BCUT2D eigenvalue weighted by molar-refractivity contribution is -0.147. The van der Waals surface area contributed by atoms with E-state index in [4.69, 9.17) is 9.84 Å². The topological polar surface area (TPSA) is 63.6 Å². The molecule has 0 fully saturated rings. The van der Waals surface area contributed by atoms with Crippen molar-refractivity contribution in [3.8, 4) is 0 Å². The fraction of sp³-hybridized carbons (Fsp3) is 0.854. The number of aliphatic carboxylic acids is 1. The lowest BCUT2D eigenvalue weighted by Gasteiger charge is -2.15. The van der Waals surface area contributed by atoms with Gasteiger partial charge in [0, 0.05) is 12.8 Å². The van der Waals surface area contributed by atoms with Crippen molar-refractivity contribution in [3.63, 3.8) is 0 Å². The van der Waals surface area contributed by atoms with E-state index in [0.29, 0.717) is 6.42 Å². The minimum atomic E-state index is -0.699. The van der Waals surface area contributed by atoms with E-state index < -0.39 is 5.97 Å². The van der Waals surface area contributed by atoms with Crippen molar-refractivity contribution in [2.75, 3.05) is 0 Å². The molecule has 0 aliphatic rings. The Balaban J connectivity index is 4.02. The van der Waals surface area contributed by atoms with Crippen LogP contribution in [0.4, 0.5) is 0 Å². The van der Waals surface area contributed by atoms with Crippen LogP contribution in [0.3, 0.4) is 0 Å². The predicted molar refractivity (Wildman–Crippen MR) is 195 cm³/mol. The number of carbonyl (C=O) groups excluding carboxylic acids is 1. The number of ether oxygens (including phenoxy) is 1. The molecule has 0 saturated heterocycles. The Hall–Kier alpha value is -1.58. The van der Waals surface area contributed by atoms with Crippen LogP contribution >= 0.6 is 0 Å². The van der Waals surface area contributed by atoms with Gasteiger partial charge in [-0.2, -0.15) is 0 Å². The molecule has 1 atom stereocenters. The second-order valence-corrected chi connectivity index (χ2v) is 13.5. The molecule has 0 aromatic heterocycles. The molecular formula is C41H76O4. The van der Waals surface area contributed by atoms with Crippen molar-refractivity contribution >= 4 is 11.9 Å². The number of esters is 1. The summed E-state index contributed by atoms with van der Waals surface area (Å²) in [6.07, 6.45) is 46.4. The first kappa shape index (κ1) is 43.4. The van der Waals surface area contributed by atoms with Gasteiger partial charge in [0.05, 0.1) is 0 Å². The number of carboxylic acid groups (broad SMARTS) is 1. The van der Waals surface area contributed by atoms with E-state index >= 15 is 0 Å². The monoisotopic (exact) mass is 633 g/mol. The maximum atomic E-state index is 12.6. The van der Waals surface area contributed by atoms with Gasteiger partial charge >= 0.3 is 11.9 Å². The molecule has 0 aliphatic heterocycles. The summed E-state index contributed by atoms with van der Waals surface area (Å²) in [5.41, 5.74) is 0. The minimum absolute atomic E-state index is 0.0398. The zero-order chi connectivity index (χ0) is 32.9. The molecule has 0 bridgehead atoms. The number of hydrogen-bond donors (Lipinski definition) is 1. The number of unbranched alkanes of at least 4 members (excludes halogenated alkanes) is 25. The third-order valence-corrected chi connectivity index (χ3v) is 8.88. The van der Waals surface area contributed by atoms with Gasteiger partial charge in [0.2, 0.25) is 0 Å². The predicted octanol–water partition coefficient (Wildman–Crippen LogP) is 13.6. The summed E-state index contributed by atoms with van der Waals surface area (Å²) in [5.74, 6) is -0.738. The Bertz CT molecular complexity index is 683. The van der Waals surface area contributed by atoms with Gasteiger partial charge in [-0.3, -0.25) is 9.59 Å². The molecule has 0 aromatic rings. The lowest BCUT2D eigenvalue weighted by atomic mass is 10.0. The summed E-state index contributed by atoms with van der Waals surface area (Å²) in [6, 6.07) is 0. The summed E-state index contributed by atoms with van der Waals surface area (Å²) in [5, 5.41) is 8.77. The normalized spacial score (nSPS) is 12.4. The number of allylic oxidation sites excluding steroid dienone is 3. The Labute approximate surface area is 280 Å². The summed E-state index contributed by atoms with van der Waals surface area (Å²) in [7, 11) is 0. The highest BCUT2D eigenvalue weighted by Gasteiger charge is 2.11. The summed E-state index contributed by atoms with van der Waals surface area (Å²) >= 11 is 0. The van der Waals surface area contributed by atoms with Crippen LogP contribution in [-0.2, 0) is 14.3 Å². The number of carboxylic acids is 1. The van der Waals surface area contributed by atoms with E-state index in [9.17, 15) is 9.59 Å². The fourth-order valence-electron chi connectivity index (χ4n) is 5.91. The number of rotatable bonds is 36. The maximum absolute atomic E-state index is 12.6. The highest BCUT2D eigenvalue weighted by molar-refractivity contribution is 5.69. The highest BCUT2D eigenvalue weighted by Crippen LogP contribution is 2.16. The van der Waals surface area contributed by atoms with Gasteiger partial charge in [-0.1, -0.05) is 160 Å². The Morgan fingerprint density at radius 1 is 0.489 bits per heavy atom. The van der Waals surface area contributed by atoms with Gasteiger partial charge in [-0.15, -0.1) is 0 Å². The van der Waals surface area contributed by atoms with Crippen LogP contribution in [-0.4, -0.2) is 23.1 Å². The van der Waals surface area contributed by atoms with Crippen LogP contribution in [0, 0.1) is 0 Å². The van der Waals surface area contributed by atoms with Gasteiger partial charge in [-0.25, -0.2) is 0 Å². The van der Waals surface area contributed by atoms with E-state index in [1.807, 2.05) is 0 Å². The van der Waals surface area contributed by atoms with Crippen molar-refractivity contribution in [1.82, 2.24) is 0 Å². The van der Waals surface area contributed by atoms with E-state index in [-0.39, 0.29) is 18.5 Å². The fourth-order valence-corrected chi connectivity index (χ4v) is 5.91. The Kier molecular flexibility index (Phi) is 35.6. The zero-order valence-corrected chi connectivity index (χ0v) is 30.2. The van der Waals surface area contributed by atoms with Crippen LogP contribution < -0.4 is 0 Å². The molecule has 0 heterocycles. The van der Waals surface area contributed by atoms with E-state index in [0.717, 1.165) is 64.2 Å². The zero-order valence-electron chi connectivity index (χ0n) is 30.2. The molecule has 264 valence electrons. The molecule has 0 spiro atoms. The van der Waals surface area contributed by atoms with E-state index in [2.05, 4.69) is 38.2 Å². The summed E-state index contributed by atoms with van der Waals surface area (Å²) < 4.78 is 5.93. The first-order valence-electron chi connectivity index (χ1n) is 19.8. The second-order valence-electron chi connectivity index (χ2n) is 13.5. The third kappa shape index (κ3) is 36.8. The van der Waals surface area contributed by atoms with Crippen LogP contribution in [0.15, 0.2) is 24.3 Å². The molecule has 0 amide bonds. The summed E-state index contributed by atoms with van der Waals surface area (Å²) in [4.78, 5) is 23.3. The molecule has 0 aliphatic carbocycles. The van der Waals surface area contributed by atoms with E-state index in [1.165, 1.54) is 128 Å². The van der Waals surface area contributed by atoms with Crippen LogP contribution in [0.1, 0.15) is 219 Å². The quantitative estimate of drug-likeness (QED) is 0.0424. The van der Waals surface area contributed by atoms with Gasteiger partial charge in [-0.05, 0) is 70.3 Å². The summed E-state index contributed by atoms with van der Waals surface area (Å²) in [6.45, 7) is 4.54. The van der Waals surface area contributed by atoms with E-state index in [1.54, 1.807) is 0 Å². The average Bonchev–Trinajstić information content (AvgIpc) is 3.02. The van der Waals surface area contributed by atoms with Crippen molar-refractivity contribution in [1.29, 1.82) is 0 Å². The maximum Gasteiger partial charge on any atom is 0.306 e. The molecule has 4 heteroatoms. The van der Waals surface area contributed by atoms with Crippen LogP contribution in [0.2, 0.25) is 0 Å². The second kappa shape index (κ2) is 36.9. The SMILES string of the molecule is CCCCCCCC/C=C\CCCCCCCCCC(=O)OC(/C=C\CCCCCCCCC)CCCCCCCCC(=O)O. The first-order valence-corrected chi connectivity index (χ1v) is 19.8. The van der Waals surface area contributed by atoms with Gasteiger partial charge < -0.3 is 9.84 Å². The highest BCUT2D eigenvalue weighted by atomic mass is 16.5. The molecule has 0 aromatic carbocycles. The van der Waals surface area contributed by atoms with Crippen LogP contribution in [0.25, 0.3) is 0 Å². The molecule has 4 nitrogen and oxygen atoms in total. The van der Waals surface area contributed by atoms with Crippen molar-refractivity contribution in [2.45, 2.75) is 225 Å². The molecule has 45 heavy (non-hydrogen) atoms. The molecule has 1 N–H and O–H groups in total. The first-order chi connectivity index (χ1) is 22.1. The average molecular weight is 633 g/mol. The van der Waals surface area contributed by atoms with Crippen molar-refractivity contribution in [3.05, 3.63) is 24.3 Å². The Morgan fingerprint density at radius 3 is 1.33 bits per heavy atom. The molecule has 0 saturated carbocycles. The molecule has 0 radical (unpaired) electrons. The lowest BCUT2D eigenvalue weighted by Crippen LogP contribution is -2.16. The van der Waals surface area contributed by atoms with Gasteiger partial charge in [0.15, 0.2) is 0 Å². The van der Waals surface area contributed by atoms with Gasteiger partial charge in [0.25, 0.3) is 0 Å². The van der Waals surface area contributed by atoms with Gasteiger partial charge in [0.1, 0.15) is 6.10 Å². The Morgan fingerprint density at radius 2 is 0.867 bits per heavy atom. The standard InChI is InChI=1S/C41H76O4/c1-3-5-7-9-11-13-14-15-16-17-18-19-20-22-24-30-34-38-41(44)45-39(35-31-27-23-21-12-10-8-6-4-2)36-32-28-25-26-29-33-37-40(42)43/h15-16,31,35,39H,3-14,17-30,32-34,36-38H2,1-2H3,(H,42,43)/b16-15-,35-31-. The smallest absolute Gasteiger partial charge is 0.306 e. The van der Waals surface area contributed by atoms with Crippen molar-refractivity contribution < 1.29 is 19.4 Å². The van der Waals surface area contributed by atoms with Crippen LogP contribution in [0.5, 0.6) is 0 Å². The largest absolute Gasteiger partial charge is 0.481 e. The molecule has 1 unspecified atom stereocenters. The van der Waals surface area contributed by atoms with Crippen molar-refractivity contribution in [2.24, 2.45) is 0 Å². The minimum Gasteiger partial charge on any atom is -0.481 e. The number of hydrogen-bond acceptors (Lipinski definition) is 3. The molecular weight excluding hydrogens is 556 g/mol. The molecule has 0 rings (SSSR count).